The number of alkyl carbamates (subject to hydrolysis) is 1. The Morgan fingerprint density at radius 3 is 2.19 bits per heavy atom. The van der Waals surface area contributed by atoms with Gasteiger partial charge in [-0.05, 0) is 117 Å². The third kappa shape index (κ3) is 11.4. The van der Waals surface area contributed by atoms with Crippen molar-refractivity contribution in [3.05, 3.63) is 83.9 Å². The van der Waals surface area contributed by atoms with Crippen LogP contribution in [0.1, 0.15) is 75.2 Å². The van der Waals surface area contributed by atoms with Crippen LogP contribution < -0.4 is 21.3 Å². The Bertz CT molecular complexity index is 2030. The summed E-state index contributed by atoms with van der Waals surface area (Å²) in [6, 6.07) is 20.8. The van der Waals surface area contributed by atoms with Gasteiger partial charge in [0.15, 0.2) is 0 Å². The van der Waals surface area contributed by atoms with Crippen LogP contribution in [0.4, 0.5) is 15.3 Å². The van der Waals surface area contributed by atoms with Crippen molar-refractivity contribution in [2.24, 2.45) is 11.8 Å². The first kappa shape index (κ1) is 41.3. The Morgan fingerprint density at radius 1 is 0.879 bits per heavy atom. The van der Waals surface area contributed by atoms with Crippen molar-refractivity contribution < 1.29 is 33.8 Å². The molecule has 16 nitrogen and oxygen atoms in total. The SMILES string of the molecule is CC(C)(C)OC(=O)NC[C@H]1CC[C@H](C(=O)N[C@@H](Cc2ccc(-c3ccccc3C(=O)NC3CCN(C(=O)O)CC3)cc2)C(=O)Nc2ccc(-c3nn[nH]n3)cc2)CC1. The molecule has 58 heavy (non-hydrogen) atoms. The fraction of sp³-hybridized carbons (Fsp3) is 0.429. The van der Waals surface area contributed by atoms with E-state index in [1.807, 2.05) is 57.2 Å². The van der Waals surface area contributed by atoms with Gasteiger partial charge >= 0.3 is 12.2 Å². The highest BCUT2D eigenvalue weighted by Gasteiger charge is 2.31. The van der Waals surface area contributed by atoms with Gasteiger partial charge in [0.1, 0.15) is 11.6 Å². The van der Waals surface area contributed by atoms with E-state index >= 15 is 0 Å². The molecule has 1 atom stereocenters. The first-order chi connectivity index (χ1) is 27.8. The van der Waals surface area contributed by atoms with Crippen LogP contribution in [0.25, 0.3) is 22.5 Å². The second-order valence-corrected chi connectivity index (χ2v) is 15.9. The molecule has 1 aliphatic heterocycles. The lowest BCUT2D eigenvalue weighted by Crippen LogP contribution is -2.48. The molecular weight excluding hydrogens is 743 g/mol. The number of tetrazole rings is 1. The van der Waals surface area contributed by atoms with Crippen LogP contribution in [0, 0.1) is 11.8 Å². The van der Waals surface area contributed by atoms with Crippen LogP contribution >= 0.6 is 0 Å². The number of nitrogens with zero attached hydrogens (tertiary/aromatic N) is 4. The van der Waals surface area contributed by atoms with Gasteiger partial charge in [0.2, 0.25) is 17.6 Å². The molecule has 6 N–H and O–H groups in total. The molecule has 0 radical (unpaired) electrons. The monoisotopic (exact) mass is 793 g/mol. The Kier molecular flexibility index (Phi) is 13.4. The lowest BCUT2D eigenvalue weighted by atomic mass is 9.81. The number of hydrogen-bond acceptors (Lipinski definition) is 9. The van der Waals surface area contributed by atoms with Crippen molar-refractivity contribution in [1.82, 2.24) is 41.5 Å². The molecule has 306 valence electrons. The quantitative estimate of drug-likeness (QED) is 0.107. The summed E-state index contributed by atoms with van der Waals surface area (Å²) in [5.41, 5.74) is 3.51. The fourth-order valence-electron chi connectivity index (χ4n) is 7.35. The largest absolute Gasteiger partial charge is 0.465 e. The molecule has 0 spiro atoms. The number of carbonyl (C=O) groups is 5. The first-order valence-corrected chi connectivity index (χ1v) is 19.7. The van der Waals surface area contributed by atoms with Crippen molar-refractivity contribution in [1.29, 1.82) is 0 Å². The van der Waals surface area contributed by atoms with Gasteiger partial charge in [-0.3, -0.25) is 14.4 Å². The highest BCUT2D eigenvalue weighted by molar-refractivity contribution is 6.01. The zero-order valence-corrected chi connectivity index (χ0v) is 33.0. The average molecular weight is 794 g/mol. The molecule has 2 heterocycles. The van der Waals surface area contributed by atoms with E-state index in [4.69, 9.17) is 4.74 Å². The highest BCUT2D eigenvalue weighted by atomic mass is 16.6. The van der Waals surface area contributed by atoms with Gasteiger partial charge in [-0.2, -0.15) is 5.21 Å². The maximum Gasteiger partial charge on any atom is 0.407 e. The average Bonchev–Trinajstić information content (AvgIpc) is 3.76. The molecule has 0 unspecified atom stereocenters. The van der Waals surface area contributed by atoms with Crippen LogP contribution in [0.5, 0.6) is 0 Å². The minimum Gasteiger partial charge on any atom is -0.465 e. The standard InChI is InChI=1S/C42H51N9O7/c1-42(2,3)58-40(55)43-25-27-10-14-30(15-11-27)37(52)46-35(39(54)45-31-18-16-29(17-19-31)36-47-49-50-48-36)24-26-8-12-28(13-9-26)33-6-4-5-7-34(33)38(53)44-32-20-22-51(23-21-32)41(56)57/h4-9,12-13,16-19,27,30,32,35H,10-11,14-15,20-25H2,1-3H3,(H,43,55)(H,44,53)(H,45,54)(H,46,52)(H,56,57)(H,47,48,49,50)/t27-,30-,35-/m0/s1. The predicted molar refractivity (Wildman–Crippen MR) is 216 cm³/mol. The molecule has 1 aliphatic carbocycles. The molecule has 1 saturated heterocycles. The van der Waals surface area contributed by atoms with Crippen molar-refractivity contribution in [2.75, 3.05) is 25.0 Å². The molecule has 1 aromatic heterocycles. The Hall–Kier alpha value is -6.32. The molecule has 2 fully saturated rings. The number of aromatic amines is 1. The van der Waals surface area contributed by atoms with Crippen molar-refractivity contribution in [2.45, 2.75) is 83.4 Å². The molecule has 0 bridgehead atoms. The summed E-state index contributed by atoms with van der Waals surface area (Å²) in [4.78, 5) is 65.9. The number of hydrogen-bond donors (Lipinski definition) is 6. The van der Waals surface area contributed by atoms with E-state index in [0.717, 1.165) is 29.5 Å². The van der Waals surface area contributed by atoms with Gasteiger partial charge in [-0.1, -0.05) is 42.5 Å². The Balaban J connectivity index is 1.11. The molecule has 1 saturated carbocycles. The molecule has 6 rings (SSSR count). The topological polar surface area (TPSA) is 221 Å². The van der Waals surface area contributed by atoms with Crippen molar-refractivity contribution >= 4 is 35.6 Å². The number of piperidine rings is 1. The smallest absolute Gasteiger partial charge is 0.407 e. The fourth-order valence-corrected chi connectivity index (χ4v) is 7.35. The van der Waals surface area contributed by atoms with E-state index < -0.39 is 23.8 Å². The summed E-state index contributed by atoms with van der Waals surface area (Å²) in [5.74, 6) is -0.447. The zero-order valence-electron chi connectivity index (χ0n) is 33.0. The highest BCUT2D eigenvalue weighted by Crippen LogP contribution is 2.30. The number of carbonyl (C=O) groups excluding carboxylic acids is 4. The zero-order chi connectivity index (χ0) is 41.2. The van der Waals surface area contributed by atoms with Crippen molar-refractivity contribution in [3.63, 3.8) is 0 Å². The van der Waals surface area contributed by atoms with Crippen molar-refractivity contribution in [3.8, 4) is 22.5 Å². The van der Waals surface area contributed by atoms with E-state index in [0.29, 0.717) is 68.0 Å². The normalized spacial score (nSPS) is 17.7. The van der Waals surface area contributed by atoms with Gasteiger partial charge in [0.25, 0.3) is 5.91 Å². The van der Waals surface area contributed by atoms with Crippen LogP contribution in [0.2, 0.25) is 0 Å². The number of ether oxygens (including phenoxy) is 1. The van der Waals surface area contributed by atoms with Crippen LogP contribution in [0.3, 0.4) is 0 Å². The number of benzene rings is 3. The van der Waals surface area contributed by atoms with Gasteiger partial charge in [-0.15, -0.1) is 10.2 Å². The summed E-state index contributed by atoms with van der Waals surface area (Å²) in [6.45, 7) is 6.65. The number of aromatic nitrogens is 4. The van der Waals surface area contributed by atoms with Gasteiger partial charge in [0, 0.05) is 54.8 Å². The number of likely N-dealkylation sites (tertiary alicyclic amines) is 1. The lowest BCUT2D eigenvalue weighted by Gasteiger charge is -2.30. The third-order valence-corrected chi connectivity index (χ3v) is 10.5. The number of H-pyrrole nitrogens is 1. The third-order valence-electron chi connectivity index (χ3n) is 10.5. The Labute approximate surface area is 336 Å². The van der Waals surface area contributed by atoms with E-state index in [9.17, 15) is 29.1 Å². The molecule has 16 heteroatoms. The molecule has 4 aromatic rings. The van der Waals surface area contributed by atoms with Gasteiger partial charge in [-0.25, -0.2) is 9.59 Å². The number of amides is 5. The summed E-state index contributed by atoms with van der Waals surface area (Å²) < 4.78 is 5.35. The lowest BCUT2D eigenvalue weighted by molar-refractivity contribution is -0.130. The number of rotatable bonds is 12. The maximum absolute atomic E-state index is 13.9. The maximum atomic E-state index is 13.9. The van der Waals surface area contributed by atoms with Gasteiger partial charge in [0.05, 0.1) is 0 Å². The number of nitrogens with one attached hydrogen (secondary N) is 5. The summed E-state index contributed by atoms with van der Waals surface area (Å²) in [5, 5.41) is 35.2. The van der Waals surface area contributed by atoms with E-state index in [1.54, 1.807) is 36.4 Å². The second kappa shape index (κ2) is 18.7. The predicted octanol–water partition coefficient (Wildman–Crippen LogP) is 5.40. The van der Waals surface area contributed by atoms with E-state index in [2.05, 4.69) is 41.9 Å². The summed E-state index contributed by atoms with van der Waals surface area (Å²) in [6.07, 6.45) is 2.64. The van der Waals surface area contributed by atoms with Crippen LogP contribution in [-0.4, -0.2) is 97.9 Å². The summed E-state index contributed by atoms with van der Waals surface area (Å²) in [7, 11) is 0. The minimum atomic E-state index is -0.953. The number of anilines is 1. The van der Waals surface area contributed by atoms with E-state index in [-0.39, 0.29) is 42.0 Å². The van der Waals surface area contributed by atoms with E-state index in [1.165, 1.54) is 4.90 Å². The second-order valence-electron chi connectivity index (χ2n) is 15.9. The summed E-state index contributed by atoms with van der Waals surface area (Å²) >= 11 is 0. The molecular formula is C42H51N9O7. The first-order valence-electron chi connectivity index (χ1n) is 19.7. The van der Waals surface area contributed by atoms with Gasteiger partial charge < -0.3 is 36.0 Å². The van der Waals surface area contributed by atoms with Crippen LogP contribution in [-0.2, 0) is 20.7 Å². The molecule has 5 amide bonds. The number of carboxylic acid groups (broad SMARTS) is 1. The Morgan fingerprint density at radius 2 is 1.55 bits per heavy atom. The molecule has 2 aliphatic rings. The van der Waals surface area contributed by atoms with Crippen LogP contribution in [0.15, 0.2) is 72.8 Å². The molecule has 3 aromatic carbocycles. The minimum absolute atomic E-state index is 0.128.